The van der Waals surface area contributed by atoms with Gasteiger partial charge in [0.05, 0.1) is 5.60 Å². The first-order chi connectivity index (χ1) is 5.19. The number of methoxy groups -OCH3 is 1. The van der Waals surface area contributed by atoms with Crippen molar-refractivity contribution >= 4 is 0 Å². The second-order valence-electron chi connectivity index (χ2n) is 3.22. The van der Waals surface area contributed by atoms with E-state index in [1.807, 2.05) is 0 Å². The molecule has 2 nitrogen and oxygen atoms in total. The summed E-state index contributed by atoms with van der Waals surface area (Å²) in [6, 6.07) is 0. The van der Waals surface area contributed by atoms with E-state index in [9.17, 15) is 13.2 Å². The Morgan fingerprint density at radius 1 is 1.42 bits per heavy atom. The lowest BCUT2D eigenvalue weighted by atomic mass is 10.0. The second kappa shape index (κ2) is 3.62. The fraction of sp³-hybridized carbons (Fsp3) is 1.00. The smallest absolute Gasteiger partial charge is 0.379 e. The molecule has 0 aromatic heterocycles. The highest BCUT2D eigenvalue weighted by molar-refractivity contribution is 4.77. The van der Waals surface area contributed by atoms with Crippen LogP contribution in [0, 0.1) is 0 Å². The Balaban J connectivity index is 4.09. The summed E-state index contributed by atoms with van der Waals surface area (Å²) >= 11 is 0. The van der Waals surface area contributed by atoms with E-state index in [0.717, 1.165) is 0 Å². The number of hydrogen-bond acceptors (Lipinski definition) is 2. The fourth-order valence-electron chi connectivity index (χ4n) is 0.638. The van der Waals surface area contributed by atoms with E-state index in [2.05, 4.69) is 0 Å². The first-order valence-corrected chi connectivity index (χ1v) is 3.48. The standard InChI is InChI=1S/C7H13F3O2/c1-6(2,12-3)4-5(8)7(9,10)11/h5,11H,4H2,1-3H3. The molecule has 0 aromatic carbocycles. The van der Waals surface area contributed by atoms with Gasteiger partial charge in [-0.3, -0.25) is 0 Å². The summed E-state index contributed by atoms with van der Waals surface area (Å²) < 4.78 is 41.0. The van der Waals surface area contributed by atoms with Crippen LogP contribution >= 0.6 is 0 Å². The summed E-state index contributed by atoms with van der Waals surface area (Å²) in [6.45, 7) is 2.93. The van der Waals surface area contributed by atoms with Crippen molar-refractivity contribution in [3.05, 3.63) is 0 Å². The van der Waals surface area contributed by atoms with E-state index in [1.165, 1.54) is 21.0 Å². The molecule has 12 heavy (non-hydrogen) atoms. The molecule has 0 amide bonds. The van der Waals surface area contributed by atoms with Gasteiger partial charge >= 0.3 is 6.11 Å². The molecule has 0 fully saturated rings. The lowest BCUT2D eigenvalue weighted by Gasteiger charge is -2.26. The normalized spacial score (nSPS) is 16.2. The van der Waals surface area contributed by atoms with E-state index >= 15 is 0 Å². The number of ether oxygens (including phenoxy) is 1. The Labute approximate surface area is 69.3 Å². The van der Waals surface area contributed by atoms with Gasteiger partial charge in [-0.15, -0.1) is 0 Å². The van der Waals surface area contributed by atoms with E-state index in [0.29, 0.717) is 0 Å². The van der Waals surface area contributed by atoms with Gasteiger partial charge in [-0.05, 0) is 13.8 Å². The fourth-order valence-corrected chi connectivity index (χ4v) is 0.638. The minimum Gasteiger partial charge on any atom is -0.379 e. The average molecular weight is 186 g/mol. The van der Waals surface area contributed by atoms with Gasteiger partial charge in [0.25, 0.3) is 0 Å². The third-order valence-electron chi connectivity index (χ3n) is 1.60. The lowest BCUT2D eigenvalue weighted by Crippen LogP contribution is -2.37. The highest BCUT2D eigenvalue weighted by Gasteiger charge is 2.41. The van der Waals surface area contributed by atoms with Crippen LogP contribution in [0.25, 0.3) is 0 Å². The van der Waals surface area contributed by atoms with Gasteiger partial charge < -0.3 is 9.84 Å². The monoisotopic (exact) mass is 186 g/mol. The van der Waals surface area contributed by atoms with Gasteiger partial charge in [0, 0.05) is 13.5 Å². The molecule has 0 aromatic rings. The number of hydrogen-bond donors (Lipinski definition) is 1. The van der Waals surface area contributed by atoms with Crippen molar-refractivity contribution in [3.63, 3.8) is 0 Å². The predicted molar refractivity (Wildman–Crippen MR) is 37.8 cm³/mol. The Morgan fingerprint density at radius 3 is 2.08 bits per heavy atom. The van der Waals surface area contributed by atoms with E-state index in [1.54, 1.807) is 0 Å². The van der Waals surface area contributed by atoms with Crippen molar-refractivity contribution in [2.24, 2.45) is 0 Å². The van der Waals surface area contributed by atoms with Crippen molar-refractivity contribution in [1.29, 1.82) is 0 Å². The van der Waals surface area contributed by atoms with Crippen LogP contribution in [0.5, 0.6) is 0 Å². The summed E-state index contributed by atoms with van der Waals surface area (Å²) in [5.74, 6) is 0. The maximum Gasteiger partial charge on any atom is 0.384 e. The molecule has 1 unspecified atom stereocenters. The minimum absolute atomic E-state index is 0.549. The number of rotatable bonds is 4. The molecule has 0 spiro atoms. The largest absolute Gasteiger partial charge is 0.384 e. The number of halogens is 3. The molecule has 0 saturated carbocycles. The van der Waals surface area contributed by atoms with E-state index < -0.39 is 24.3 Å². The van der Waals surface area contributed by atoms with Crippen LogP contribution in [0.2, 0.25) is 0 Å². The molecule has 0 saturated heterocycles. The highest BCUT2D eigenvalue weighted by Crippen LogP contribution is 2.26. The average Bonchev–Trinajstić information content (AvgIpc) is 1.85. The van der Waals surface area contributed by atoms with Gasteiger partial charge in [0.1, 0.15) is 0 Å². The summed E-state index contributed by atoms with van der Waals surface area (Å²) in [7, 11) is 1.29. The summed E-state index contributed by atoms with van der Waals surface area (Å²) in [5, 5.41) is 7.98. The van der Waals surface area contributed by atoms with Gasteiger partial charge in [0.2, 0.25) is 0 Å². The predicted octanol–water partition coefficient (Wildman–Crippen LogP) is 1.72. The number of alkyl halides is 3. The summed E-state index contributed by atoms with van der Waals surface area (Å²) in [5.41, 5.74) is -0.994. The van der Waals surface area contributed by atoms with Gasteiger partial charge in [-0.25, -0.2) is 4.39 Å². The van der Waals surface area contributed by atoms with Gasteiger partial charge in [-0.1, -0.05) is 0 Å². The van der Waals surface area contributed by atoms with Crippen LogP contribution < -0.4 is 0 Å². The van der Waals surface area contributed by atoms with Crippen LogP contribution in [-0.2, 0) is 4.74 Å². The second-order valence-corrected chi connectivity index (χ2v) is 3.22. The first kappa shape index (κ1) is 11.7. The molecule has 0 aliphatic rings. The third kappa shape index (κ3) is 3.92. The van der Waals surface area contributed by atoms with Crippen LogP contribution in [0.4, 0.5) is 13.2 Å². The Morgan fingerprint density at radius 2 is 1.83 bits per heavy atom. The maximum atomic E-state index is 12.5. The Hall–Kier alpha value is -0.290. The summed E-state index contributed by atoms with van der Waals surface area (Å²) in [4.78, 5) is 0. The molecule has 0 rings (SSSR count). The van der Waals surface area contributed by atoms with Gasteiger partial charge in [-0.2, -0.15) is 8.78 Å². The molecule has 5 heteroatoms. The van der Waals surface area contributed by atoms with Crippen molar-refractivity contribution < 1.29 is 23.0 Å². The molecule has 0 radical (unpaired) electrons. The third-order valence-corrected chi connectivity index (χ3v) is 1.60. The molecule has 0 aliphatic heterocycles. The topological polar surface area (TPSA) is 29.5 Å². The van der Waals surface area contributed by atoms with Crippen molar-refractivity contribution in [3.8, 4) is 0 Å². The van der Waals surface area contributed by atoms with Crippen LogP contribution in [0.15, 0.2) is 0 Å². The lowest BCUT2D eigenvalue weighted by molar-refractivity contribution is -0.249. The Kier molecular flexibility index (Phi) is 3.53. The molecule has 0 aliphatic carbocycles. The van der Waals surface area contributed by atoms with Crippen LogP contribution in [0.1, 0.15) is 20.3 Å². The molecule has 0 heterocycles. The Bertz CT molecular complexity index is 142. The SMILES string of the molecule is COC(C)(C)CC(F)C(O)(F)F. The highest BCUT2D eigenvalue weighted by atomic mass is 19.3. The molecular formula is C7H13F3O2. The van der Waals surface area contributed by atoms with Crippen LogP contribution in [0.3, 0.4) is 0 Å². The minimum atomic E-state index is -4.28. The molecule has 0 bridgehead atoms. The summed E-state index contributed by atoms with van der Waals surface area (Å²) in [6.07, 6.45) is -7.42. The number of aliphatic hydroxyl groups is 1. The van der Waals surface area contributed by atoms with Crippen LogP contribution in [-0.4, -0.2) is 30.1 Å². The van der Waals surface area contributed by atoms with Crippen molar-refractivity contribution in [2.45, 2.75) is 38.1 Å². The molecular weight excluding hydrogens is 173 g/mol. The quantitative estimate of drug-likeness (QED) is 0.724. The maximum absolute atomic E-state index is 12.5. The van der Waals surface area contributed by atoms with E-state index in [-0.39, 0.29) is 0 Å². The van der Waals surface area contributed by atoms with Crippen molar-refractivity contribution in [1.82, 2.24) is 0 Å². The zero-order valence-electron chi connectivity index (χ0n) is 7.27. The molecule has 1 atom stereocenters. The zero-order chi connectivity index (χ0) is 9.99. The zero-order valence-corrected chi connectivity index (χ0v) is 7.27. The first-order valence-electron chi connectivity index (χ1n) is 3.48. The molecule has 1 N–H and O–H groups in total. The van der Waals surface area contributed by atoms with E-state index in [4.69, 9.17) is 9.84 Å². The van der Waals surface area contributed by atoms with Crippen molar-refractivity contribution in [2.75, 3.05) is 7.11 Å². The van der Waals surface area contributed by atoms with Gasteiger partial charge in [0.15, 0.2) is 6.17 Å². The molecule has 74 valence electrons.